The summed E-state index contributed by atoms with van der Waals surface area (Å²) in [5, 5.41) is 5.05. The molecule has 2 heterocycles. The van der Waals surface area contributed by atoms with E-state index in [-0.39, 0.29) is 10.8 Å². The predicted molar refractivity (Wildman–Crippen MR) is 127 cm³/mol. The van der Waals surface area contributed by atoms with E-state index in [0.29, 0.717) is 55.0 Å². The third kappa shape index (κ3) is 5.48. The predicted octanol–water partition coefficient (Wildman–Crippen LogP) is 3.65. The number of rotatable bonds is 8. The zero-order chi connectivity index (χ0) is 23.3. The maximum Gasteiger partial charge on any atom is 0.257 e. The van der Waals surface area contributed by atoms with Crippen LogP contribution in [0.15, 0.2) is 71.5 Å². The number of morpholine rings is 1. The Kier molecular flexibility index (Phi) is 7.19. The molecule has 1 N–H and O–H groups in total. The van der Waals surface area contributed by atoms with Gasteiger partial charge < -0.3 is 9.47 Å². The molecular weight excluding hydrogens is 462 g/mol. The second-order valence-electron chi connectivity index (χ2n) is 7.16. The highest BCUT2D eigenvalue weighted by molar-refractivity contribution is 7.89. The molecule has 1 aromatic heterocycles. The van der Waals surface area contributed by atoms with Gasteiger partial charge in [-0.25, -0.2) is 13.4 Å². The molecule has 0 bridgehead atoms. The van der Waals surface area contributed by atoms with Crippen LogP contribution < -0.4 is 10.1 Å². The van der Waals surface area contributed by atoms with Gasteiger partial charge in [0.1, 0.15) is 12.4 Å². The Morgan fingerprint density at radius 2 is 1.85 bits per heavy atom. The first-order valence-corrected chi connectivity index (χ1v) is 12.6. The van der Waals surface area contributed by atoms with Gasteiger partial charge in [0, 0.05) is 29.6 Å². The van der Waals surface area contributed by atoms with Crippen LogP contribution in [0.2, 0.25) is 0 Å². The van der Waals surface area contributed by atoms with Gasteiger partial charge >= 0.3 is 0 Å². The maximum absolute atomic E-state index is 12.8. The van der Waals surface area contributed by atoms with Crippen molar-refractivity contribution in [3.05, 3.63) is 72.1 Å². The molecule has 8 nitrogen and oxygen atoms in total. The van der Waals surface area contributed by atoms with Crippen LogP contribution in [0.1, 0.15) is 10.4 Å². The van der Waals surface area contributed by atoms with E-state index in [1.54, 1.807) is 54.6 Å². The number of sulfonamides is 1. The molecule has 0 saturated carbocycles. The Morgan fingerprint density at radius 1 is 1.15 bits per heavy atom. The third-order valence-corrected chi connectivity index (χ3v) is 7.64. The average molecular weight is 486 g/mol. The number of hydrogen-bond donors (Lipinski definition) is 1. The molecule has 172 valence electrons. The lowest BCUT2D eigenvalue weighted by Crippen LogP contribution is -2.40. The lowest BCUT2D eigenvalue weighted by Gasteiger charge is -2.26. The zero-order valence-corrected chi connectivity index (χ0v) is 19.4. The SMILES string of the molecule is C=CCOc1ccc(C(=O)Nc2nc(-c3ccc(S(=O)(=O)N4CCOCC4)cc3)cs2)cc1. The lowest BCUT2D eigenvalue weighted by atomic mass is 10.2. The number of amides is 1. The molecule has 0 spiro atoms. The summed E-state index contributed by atoms with van der Waals surface area (Å²) in [7, 11) is -3.55. The van der Waals surface area contributed by atoms with Crippen molar-refractivity contribution in [3.63, 3.8) is 0 Å². The van der Waals surface area contributed by atoms with Gasteiger partial charge in [0.05, 0.1) is 23.8 Å². The van der Waals surface area contributed by atoms with Gasteiger partial charge in [-0.15, -0.1) is 11.3 Å². The molecule has 10 heteroatoms. The van der Waals surface area contributed by atoms with Crippen LogP contribution in [0.25, 0.3) is 11.3 Å². The van der Waals surface area contributed by atoms with Crippen LogP contribution in [-0.4, -0.2) is 56.5 Å². The number of benzene rings is 2. The molecule has 0 atom stereocenters. The second-order valence-corrected chi connectivity index (χ2v) is 9.95. The van der Waals surface area contributed by atoms with Gasteiger partial charge in [0.2, 0.25) is 10.0 Å². The molecule has 1 amide bonds. The van der Waals surface area contributed by atoms with Crippen LogP contribution in [0, 0.1) is 0 Å². The Balaban J connectivity index is 1.41. The van der Waals surface area contributed by atoms with Crippen molar-refractivity contribution in [3.8, 4) is 17.0 Å². The Bertz CT molecular complexity index is 1220. The zero-order valence-electron chi connectivity index (χ0n) is 17.8. The molecule has 1 saturated heterocycles. The van der Waals surface area contributed by atoms with Gasteiger partial charge in [-0.3, -0.25) is 10.1 Å². The summed E-state index contributed by atoms with van der Waals surface area (Å²) < 4.78 is 37.6. The largest absolute Gasteiger partial charge is 0.490 e. The van der Waals surface area contributed by atoms with Crippen molar-refractivity contribution in [2.45, 2.75) is 4.90 Å². The standard InChI is InChI=1S/C23H23N3O5S2/c1-2-13-31-19-7-3-18(4-8-19)22(27)25-23-24-21(16-32-23)17-5-9-20(10-6-17)33(28,29)26-11-14-30-15-12-26/h2-10,16H,1,11-15H2,(H,24,25,27). The molecule has 33 heavy (non-hydrogen) atoms. The molecule has 0 radical (unpaired) electrons. The second kappa shape index (κ2) is 10.3. The Hall–Kier alpha value is -3.05. The fourth-order valence-corrected chi connectivity index (χ4v) is 5.35. The Morgan fingerprint density at radius 3 is 2.52 bits per heavy atom. The third-order valence-electron chi connectivity index (χ3n) is 4.97. The number of anilines is 1. The molecule has 1 fully saturated rings. The number of hydrogen-bond acceptors (Lipinski definition) is 7. The van der Waals surface area contributed by atoms with Gasteiger partial charge in [0.15, 0.2) is 5.13 Å². The highest BCUT2D eigenvalue weighted by Crippen LogP contribution is 2.27. The summed E-state index contributed by atoms with van der Waals surface area (Å²) in [4.78, 5) is 17.2. The van der Waals surface area contributed by atoms with Crippen molar-refractivity contribution in [2.24, 2.45) is 0 Å². The fourth-order valence-electron chi connectivity index (χ4n) is 3.22. The van der Waals surface area contributed by atoms with Gasteiger partial charge in [0.25, 0.3) is 5.91 Å². The summed E-state index contributed by atoms with van der Waals surface area (Å²) in [5.74, 6) is 0.375. The lowest BCUT2D eigenvalue weighted by molar-refractivity contribution is 0.0730. The summed E-state index contributed by atoms with van der Waals surface area (Å²) >= 11 is 1.29. The quantitative estimate of drug-likeness (QED) is 0.489. The van der Waals surface area contributed by atoms with Crippen molar-refractivity contribution < 1.29 is 22.7 Å². The number of ether oxygens (including phenoxy) is 2. The summed E-state index contributed by atoms with van der Waals surface area (Å²) in [5.41, 5.74) is 1.89. The van der Waals surface area contributed by atoms with Crippen molar-refractivity contribution in [1.82, 2.24) is 9.29 Å². The molecule has 1 aliphatic heterocycles. The molecule has 2 aromatic carbocycles. The summed E-state index contributed by atoms with van der Waals surface area (Å²) in [6.45, 7) is 5.50. The number of thiazole rings is 1. The molecule has 1 aliphatic rings. The van der Waals surface area contributed by atoms with Gasteiger partial charge in [-0.2, -0.15) is 4.31 Å². The maximum atomic E-state index is 12.8. The minimum absolute atomic E-state index is 0.234. The van der Waals surface area contributed by atoms with Crippen LogP contribution in [0.3, 0.4) is 0 Å². The minimum atomic E-state index is -3.55. The molecule has 0 unspecified atom stereocenters. The minimum Gasteiger partial charge on any atom is -0.490 e. The average Bonchev–Trinajstić information content (AvgIpc) is 3.32. The number of carbonyl (C=O) groups excluding carboxylic acids is 1. The van der Waals surface area contributed by atoms with Crippen LogP contribution in [0.4, 0.5) is 5.13 Å². The van der Waals surface area contributed by atoms with E-state index >= 15 is 0 Å². The van der Waals surface area contributed by atoms with Gasteiger partial charge in [-0.1, -0.05) is 24.8 Å². The molecule has 4 rings (SSSR count). The van der Waals surface area contributed by atoms with Crippen LogP contribution in [0.5, 0.6) is 5.75 Å². The van der Waals surface area contributed by atoms with E-state index in [9.17, 15) is 13.2 Å². The normalized spacial score (nSPS) is 14.5. The van der Waals surface area contributed by atoms with Crippen molar-refractivity contribution >= 4 is 32.4 Å². The summed E-state index contributed by atoms with van der Waals surface area (Å²) in [6.07, 6.45) is 1.65. The monoisotopic (exact) mass is 485 g/mol. The van der Waals surface area contributed by atoms with E-state index in [0.717, 1.165) is 5.56 Å². The van der Waals surface area contributed by atoms with Crippen LogP contribution in [-0.2, 0) is 14.8 Å². The van der Waals surface area contributed by atoms with E-state index in [1.165, 1.54) is 15.6 Å². The fraction of sp³-hybridized carbons (Fsp3) is 0.217. The number of aromatic nitrogens is 1. The van der Waals surface area contributed by atoms with Crippen molar-refractivity contribution in [1.29, 1.82) is 0 Å². The van der Waals surface area contributed by atoms with E-state index in [4.69, 9.17) is 9.47 Å². The number of carbonyl (C=O) groups is 1. The van der Waals surface area contributed by atoms with Gasteiger partial charge in [-0.05, 0) is 36.4 Å². The smallest absolute Gasteiger partial charge is 0.257 e. The molecule has 0 aliphatic carbocycles. The molecule has 3 aromatic rings. The summed E-state index contributed by atoms with van der Waals surface area (Å²) in [6, 6.07) is 13.4. The first-order valence-electron chi connectivity index (χ1n) is 10.3. The highest BCUT2D eigenvalue weighted by atomic mass is 32.2. The topological polar surface area (TPSA) is 97.8 Å². The first-order chi connectivity index (χ1) is 16.0. The highest BCUT2D eigenvalue weighted by Gasteiger charge is 2.26. The Labute approximate surface area is 196 Å². The van der Waals surface area contributed by atoms with Crippen molar-refractivity contribution in [2.75, 3.05) is 38.2 Å². The van der Waals surface area contributed by atoms with Crippen LogP contribution >= 0.6 is 11.3 Å². The van der Waals surface area contributed by atoms with E-state index in [2.05, 4.69) is 16.9 Å². The number of nitrogens with zero attached hydrogens (tertiary/aromatic N) is 2. The first kappa shape index (κ1) is 23.1. The van der Waals surface area contributed by atoms with E-state index < -0.39 is 10.0 Å². The molecular formula is C23H23N3O5S2. The van der Waals surface area contributed by atoms with E-state index in [1.807, 2.05) is 5.38 Å². The number of nitrogens with one attached hydrogen (secondary N) is 1.